The van der Waals surface area contributed by atoms with Crippen LogP contribution < -0.4 is 11.1 Å². The molecular weight excluding hydrogens is 310 g/mol. The average molecular weight is 338 g/mol. The summed E-state index contributed by atoms with van der Waals surface area (Å²) >= 11 is 5.86. The molecule has 0 bridgehead atoms. The second-order valence-corrected chi connectivity index (χ2v) is 7.27. The number of likely N-dealkylation sites (tertiary alicyclic amines) is 1. The maximum Gasteiger partial charge on any atom is 0.321 e. The van der Waals surface area contributed by atoms with Gasteiger partial charge in [-0.3, -0.25) is 0 Å². The first kappa shape index (κ1) is 18.1. The van der Waals surface area contributed by atoms with Crippen LogP contribution in [0.25, 0.3) is 0 Å². The molecule has 5 heteroatoms. The Morgan fingerprint density at radius 1 is 1.39 bits per heavy atom. The first-order valence-electron chi connectivity index (χ1n) is 8.53. The number of carbonyl (C=O) groups excluding carboxylic acids is 1. The van der Waals surface area contributed by atoms with Crippen molar-refractivity contribution in [1.82, 2.24) is 4.90 Å². The van der Waals surface area contributed by atoms with Crippen LogP contribution in [0.5, 0.6) is 0 Å². The van der Waals surface area contributed by atoms with Gasteiger partial charge in [-0.1, -0.05) is 37.8 Å². The Balaban J connectivity index is 1.86. The summed E-state index contributed by atoms with van der Waals surface area (Å²) in [7, 11) is 0. The maximum absolute atomic E-state index is 12.4. The topological polar surface area (TPSA) is 58.4 Å². The van der Waals surface area contributed by atoms with Crippen molar-refractivity contribution in [3.8, 4) is 0 Å². The van der Waals surface area contributed by atoms with Crippen molar-refractivity contribution in [2.45, 2.75) is 51.5 Å². The maximum atomic E-state index is 12.4. The molecule has 0 saturated carbocycles. The molecule has 128 valence electrons. The lowest BCUT2D eigenvalue weighted by Crippen LogP contribution is -2.46. The van der Waals surface area contributed by atoms with E-state index in [2.05, 4.69) is 19.2 Å². The fourth-order valence-corrected chi connectivity index (χ4v) is 3.30. The molecule has 3 N–H and O–H groups in total. The molecule has 1 aromatic rings. The molecule has 1 aromatic carbocycles. The van der Waals surface area contributed by atoms with Gasteiger partial charge < -0.3 is 16.0 Å². The summed E-state index contributed by atoms with van der Waals surface area (Å²) in [6, 6.07) is 7.11. The lowest BCUT2D eigenvalue weighted by atomic mass is 9.81. The van der Waals surface area contributed by atoms with E-state index in [4.69, 9.17) is 17.3 Å². The number of nitrogens with two attached hydrogens (primary N) is 1. The smallest absolute Gasteiger partial charge is 0.321 e. The summed E-state index contributed by atoms with van der Waals surface area (Å²) in [6.45, 7) is 5.84. The predicted molar refractivity (Wildman–Crippen MR) is 96.9 cm³/mol. The van der Waals surface area contributed by atoms with Crippen LogP contribution in [-0.4, -0.2) is 29.6 Å². The van der Waals surface area contributed by atoms with Gasteiger partial charge in [-0.25, -0.2) is 4.79 Å². The molecule has 2 amide bonds. The zero-order valence-corrected chi connectivity index (χ0v) is 14.9. The van der Waals surface area contributed by atoms with Crippen LogP contribution >= 0.6 is 11.6 Å². The van der Waals surface area contributed by atoms with Crippen LogP contribution in [0.3, 0.4) is 0 Å². The lowest BCUT2D eigenvalue weighted by molar-refractivity contribution is 0.214. The highest BCUT2D eigenvalue weighted by Crippen LogP contribution is 2.30. The zero-order chi connectivity index (χ0) is 16.9. The van der Waals surface area contributed by atoms with Gasteiger partial charge in [-0.2, -0.15) is 0 Å². The summed E-state index contributed by atoms with van der Waals surface area (Å²) in [6.07, 6.45) is 5.60. The third-order valence-electron chi connectivity index (χ3n) is 4.82. The average Bonchev–Trinajstić information content (AvgIpc) is 3.01. The second kappa shape index (κ2) is 8.02. The van der Waals surface area contributed by atoms with Gasteiger partial charge in [0.1, 0.15) is 0 Å². The summed E-state index contributed by atoms with van der Waals surface area (Å²) in [5.41, 5.74) is 7.10. The first-order valence-corrected chi connectivity index (χ1v) is 8.90. The van der Waals surface area contributed by atoms with Crippen LogP contribution in [0.4, 0.5) is 10.5 Å². The number of halogens is 1. The van der Waals surface area contributed by atoms with Crippen LogP contribution in [0.15, 0.2) is 24.3 Å². The molecule has 2 rings (SSSR count). The Hall–Kier alpha value is -1.26. The van der Waals surface area contributed by atoms with E-state index >= 15 is 0 Å². The normalized spacial score (nSPS) is 20.3. The summed E-state index contributed by atoms with van der Waals surface area (Å²) in [4.78, 5) is 14.2. The van der Waals surface area contributed by atoms with E-state index in [-0.39, 0.29) is 11.6 Å². The highest BCUT2D eigenvalue weighted by Gasteiger charge is 2.36. The molecule has 23 heavy (non-hydrogen) atoms. The number of nitrogens with zero attached hydrogens (tertiary/aromatic N) is 1. The Bertz CT molecular complexity index is 516. The summed E-state index contributed by atoms with van der Waals surface area (Å²) in [5.74, 6) is 0.371. The molecule has 1 heterocycles. The molecule has 1 fully saturated rings. The number of anilines is 1. The molecule has 1 aliphatic heterocycles. The quantitative estimate of drug-likeness (QED) is 0.751. The molecule has 2 atom stereocenters. The molecule has 1 aliphatic rings. The number of carbonyl (C=O) groups is 1. The highest BCUT2D eigenvalue weighted by molar-refractivity contribution is 6.30. The van der Waals surface area contributed by atoms with Crippen molar-refractivity contribution in [2.75, 3.05) is 18.4 Å². The van der Waals surface area contributed by atoms with Gasteiger partial charge in [0.2, 0.25) is 0 Å². The summed E-state index contributed by atoms with van der Waals surface area (Å²) < 4.78 is 0. The van der Waals surface area contributed by atoms with Crippen LogP contribution in [-0.2, 0) is 0 Å². The number of rotatable bonds is 6. The van der Waals surface area contributed by atoms with Gasteiger partial charge in [-0.15, -0.1) is 0 Å². The van der Waals surface area contributed by atoms with Crippen molar-refractivity contribution in [2.24, 2.45) is 11.7 Å². The van der Waals surface area contributed by atoms with E-state index in [1.54, 1.807) is 12.1 Å². The minimum absolute atomic E-state index is 0.0563. The Morgan fingerprint density at radius 2 is 2.09 bits per heavy atom. The van der Waals surface area contributed by atoms with E-state index in [1.165, 1.54) is 12.8 Å². The lowest BCUT2D eigenvalue weighted by Gasteiger charge is -2.31. The first-order chi connectivity index (χ1) is 10.9. The van der Waals surface area contributed by atoms with E-state index in [0.29, 0.717) is 10.9 Å². The number of unbranched alkanes of at least 4 members (excludes halogenated alkanes) is 2. The number of nitrogens with one attached hydrogen (secondary N) is 1. The van der Waals surface area contributed by atoms with Gasteiger partial charge in [0.05, 0.1) is 0 Å². The number of hydrogen-bond acceptors (Lipinski definition) is 2. The van der Waals surface area contributed by atoms with Gasteiger partial charge in [0, 0.05) is 29.3 Å². The Morgan fingerprint density at radius 3 is 2.74 bits per heavy atom. The van der Waals surface area contributed by atoms with Crippen molar-refractivity contribution in [3.63, 3.8) is 0 Å². The van der Waals surface area contributed by atoms with E-state index < -0.39 is 0 Å². The third kappa shape index (κ3) is 5.11. The molecular formula is C18H28ClN3O. The number of hydrogen-bond donors (Lipinski definition) is 2. The van der Waals surface area contributed by atoms with Crippen LogP contribution in [0.2, 0.25) is 5.02 Å². The van der Waals surface area contributed by atoms with Crippen molar-refractivity contribution >= 4 is 23.3 Å². The van der Waals surface area contributed by atoms with Gasteiger partial charge in [-0.05, 0) is 49.9 Å². The standard InChI is InChI=1S/C18H28ClN3O/c1-3-4-5-11-18(2,20)14-10-12-22(13-14)17(23)21-16-8-6-15(19)7-9-16/h6-9,14H,3-5,10-13,20H2,1-2H3,(H,21,23). The van der Waals surface area contributed by atoms with E-state index in [1.807, 2.05) is 17.0 Å². The van der Waals surface area contributed by atoms with E-state index in [9.17, 15) is 4.79 Å². The number of urea groups is 1. The Kier molecular flexibility index (Phi) is 6.31. The fraction of sp³-hybridized carbons (Fsp3) is 0.611. The minimum Gasteiger partial charge on any atom is -0.325 e. The SMILES string of the molecule is CCCCCC(C)(N)C1CCN(C(=O)Nc2ccc(Cl)cc2)C1. The van der Waals surface area contributed by atoms with E-state index in [0.717, 1.165) is 38.0 Å². The molecule has 4 nitrogen and oxygen atoms in total. The monoisotopic (exact) mass is 337 g/mol. The zero-order valence-electron chi connectivity index (χ0n) is 14.1. The van der Waals surface area contributed by atoms with Crippen LogP contribution in [0.1, 0.15) is 46.0 Å². The molecule has 0 spiro atoms. The molecule has 1 saturated heterocycles. The molecule has 2 unspecified atom stereocenters. The van der Waals surface area contributed by atoms with Gasteiger partial charge in [0.25, 0.3) is 0 Å². The molecule has 0 aliphatic carbocycles. The van der Waals surface area contributed by atoms with Crippen molar-refractivity contribution in [1.29, 1.82) is 0 Å². The fourth-order valence-electron chi connectivity index (χ4n) is 3.18. The number of benzene rings is 1. The predicted octanol–water partition coefficient (Wildman–Crippen LogP) is 4.49. The van der Waals surface area contributed by atoms with Crippen LogP contribution in [0, 0.1) is 5.92 Å². The minimum atomic E-state index is -0.190. The molecule has 0 aromatic heterocycles. The Labute approximate surface area is 144 Å². The largest absolute Gasteiger partial charge is 0.325 e. The van der Waals surface area contributed by atoms with Crippen molar-refractivity contribution in [3.05, 3.63) is 29.3 Å². The summed E-state index contributed by atoms with van der Waals surface area (Å²) in [5, 5.41) is 3.59. The number of amides is 2. The van der Waals surface area contributed by atoms with Crippen molar-refractivity contribution < 1.29 is 4.79 Å². The second-order valence-electron chi connectivity index (χ2n) is 6.83. The van der Waals surface area contributed by atoms with Gasteiger partial charge >= 0.3 is 6.03 Å². The molecule has 0 radical (unpaired) electrons. The van der Waals surface area contributed by atoms with Gasteiger partial charge in [0.15, 0.2) is 0 Å². The highest BCUT2D eigenvalue weighted by atomic mass is 35.5. The third-order valence-corrected chi connectivity index (χ3v) is 5.07.